The van der Waals surface area contributed by atoms with Gasteiger partial charge in [-0.05, 0) is 42.8 Å². The molecule has 0 unspecified atom stereocenters. The Balaban J connectivity index is 2.28. The summed E-state index contributed by atoms with van der Waals surface area (Å²) in [6.45, 7) is 2.01. The molecule has 0 amide bonds. The highest BCUT2D eigenvalue weighted by molar-refractivity contribution is 6.32. The van der Waals surface area contributed by atoms with Crippen molar-refractivity contribution < 1.29 is 4.74 Å². The highest BCUT2D eigenvalue weighted by Crippen LogP contribution is 2.30. The van der Waals surface area contributed by atoms with Crippen LogP contribution in [-0.2, 0) is 0 Å². The minimum Gasteiger partial charge on any atom is -0.456 e. The number of rotatable bonds is 2. The molecule has 0 radical (unpaired) electrons. The van der Waals surface area contributed by atoms with Gasteiger partial charge in [-0.15, -0.1) is 6.42 Å². The molecule has 0 spiro atoms. The topological polar surface area (TPSA) is 9.23 Å². The van der Waals surface area contributed by atoms with Gasteiger partial charge < -0.3 is 4.74 Å². The summed E-state index contributed by atoms with van der Waals surface area (Å²) in [5.41, 5.74) is 1.88. The maximum Gasteiger partial charge on any atom is 0.146 e. The van der Waals surface area contributed by atoms with Gasteiger partial charge in [-0.2, -0.15) is 0 Å². The van der Waals surface area contributed by atoms with E-state index < -0.39 is 0 Å². The number of hydrogen-bond acceptors (Lipinski definition) is 1. The van der Waals surface area contributed by atoms with Crippen molar-refractivity contribution in [1.82, 2.24) is 0 Å². The van der Waals surface area contributed by atoms with Crippen LogP contribution in [0.4, 0.5) is 0 Å². The molecule has 84 valence electrons. The molecule has 2 aromatic carbocycles. The summed E-state index contributed by atoms with van der Waals surface area (Å²) in [6, 6.07) is 13.1. The third-order valence-electron chi connectivity index (χ3n) is 2.32. The summed E-state index contributed by atoms with van der Waals surface area (Å²) in [7, 11) is 0. The van der Waals surface area contributed by atoms with Crippen molar-refractivity contribution in [1.29, 1.82) is 0 Å². The number of terminal acetylenes is 1. The molecule has 2 aromatic rings. The van der Waals surface area contributed by atoms with E-state index in [1.54, 1.807) is 18.2 Å². The predicted octanol–water partition coefficient (Wildman–Crippen LogP) is 4.42. The molecular formula is C15H11ClO. The van der Waals surface area contributed by atoms with Crippen LogP contribution in [0.15, 0.2) is 42.5 Å². The van der Waals surface area contributed by atoms with Gasteiger partial charge >= 0.3 is 0 Å². The minimum absolute atomic E-state index is 0.516. The molecule has 0 fully saturated rings. The second kappa shape index (κ2) is 4.95. The van der Waals surface area contributed by atoms with Gasteiger partial charge in [-0.3, -0.25) is 0 Å². The van der Waals surface area contributed by atoms with Crippen molar-refractivity contribution >= 4 is 11.6 Å². The van der Waals surface area contributed by atoms with Crippen molar-refractivity contribution in [3.05, 3.63) is 58.6 Å². The molecule has 0 saturated heterocycles. The zero-order chi connectivity index (χ0) is 12.3. The number of aryl methyl sites for hydroxylation is 1. The summed E-state index contributed by atoms with van der Waals surface area (Å²) in [5, 5.41) is 0.516. The van der Waals surface area contributed by atoms with Crippen molar-refractivity contribution in [2.45, 2.75) is 6.92 Å². The van der Waals surface area contributed by atoms with E-state index in [0.29, 0.717) is 10.8 Å². The molecule has 0 aliphatic rings. The largest absolute Gasteiger partial charge is 0.456 e. The number of hydrogen-bond donors (Lipinski definition) is 0. The summed E-state index contributed by atoms with van der Waals surface area (Å²) in [6.07, 6.45) is 5.29. The van der Waals surface area contributed by atoms with Gasteiger partial charge in [0.2, 0.25) is 0 Å². The van der Waals surface area contributed by atoms with Crippen LogP contribution >= 0.6 is 11.6 Å². The summed E-state index contributed by atoms with van der Waals surface area (Å²) < 4.78 is 5.69. The molecule has 0 aliphatic heterocycles. The Morgan fingerprint density at radius 2 is 2.00 bits per heavy atom. The quantitative estimate of drug-likeness (QED) is 0.709. The second-order valence-corrected chi connectivity index (χ2v) is 4.12. The lowest BCUT2D eigenvalue weighted by Gasteiger charge is -2.08. The third kappa shape index (κ3) is 2.81. The molecule has 2 heteroatoms. The molecule has 0 heterocycles. The van der Waals surface area contributed by atoms with E-state index in [1.807, 2.05) is 31.2 Å². The average molecular weight is 243 g/mol. The molecule has 0 bridgehead atoms. The van der Waals surface area contributed by atoms with Gasteiger partial charge in [-0.1, -0.05) is 29.7 Å². The van der Waals surface area contributed by atoms with E-state index in [2.05, 4.69) is 5.92 Å². The van der Waals surface area contributed by atoms with Gasteiger partial charge in [0.15, 0.2) is 0 Å². The van der Waals surface area contributed by atoms with E-state index in [1.165, 1.54) is 0 Å². The Bertz CT molecular complexity index is 582. The number of benzene rings is 2. The molecular weight excluding hydrogens is 232 g/mol. The van der Waals surface area contributed by atoms with E-state index in [0.717, 1.165) is 16.9 Å². The van der Waals surface area contributed by atoms with E-state index >= 15 is 0 Å². The lowest BCUT2D eigenvalue weighted by atomic mass is 10.2. The molecule has 0 atom stereocenters. The molecule has 17 heavy (non-hydrogen) atoms. The zero-order valence-electron chi connectivity index (χ0n) is 9.41. The predicted molar refractivity (Wildman–Crippen MR) is 70.6 cm³/mol. The first-order valence-corrected chi connectivity index (χ1v) is 5.57. The van der Waals surface area contributed by atoms with Crippen molar-refractivity contribution in [2.75, 3.05) is 0 Å². The van der Waals surface area contributed by atoms with Gasteiger partial charge in [-0.25, -0.2) is 0 Å². The van der Waals surface area contributed by atoms with Crippen LogP contribution in [0.2, 0.25) is 5.02 Å². The van der Waals surface area contributed by atoms with Crippen LogP contribution in [-0.4, -0.2) is 0 Å². The van der Waals surface area contributed by atoms with Crippen molar-refractivity contribution in [3.63, 3.8) is 0 Å². The zero-order valence-corrected chi connectivity index (χ0v) is 10.2. The maximum absolute atomic E-state index is 6.08. The minimum atomic E-state index is 0.516. The molecule has 2 rings (SSSR count). The fraction of sp³-hybridized carbons (Fsp3) is 0.0667. The van der Waals surface area contributed by atoms with Crippen molar-refractivity contribution in [3.8, 4) is 23.8 Å². The van der Waals surface area contributed by atoms with Gasteiger partial charge in [0.1, 0.15) is 11.5 Å². The highest BCUT2D eigenvalue weighted by atomic mass is 35.5. The summed E-state index contributed by atoms with van der Waals surface area (Å²) in [5.74, 6) is 3.90. The molecule has 1 nitrogen and oxygen atoms in total. The second-order valence-electron chi connectivity index (χ2n) is 3.71. The van der Waals surface area contributed by atoms with E-state index in [-0.39, 0.29) is 0 Å². The molecule has 0 N–H and O–H groups in total. The van der Waals surface area contributed by atoms with Gasteiger partial charge in [0.25, 0.3) is 0 Å². The normalized spacial score (nSPS) is 9.71. The maximum atomic E-state index is 6.08. The Kier molecular flexibility index (Phi) is 3.37. The highest BCUT2D eigenvalue weighted by Gasteiger charge is 2.03. The van der Waals surface area contributed by atoms with Crippen molar-refractivity contribution in [2.24, 2.45) is 0 Å². The van der Waals surface area contributed by atoms with E-state index in [4.69, 9.17) is 22.8 Å². The lowest BCUT2D eigenvalue weighted by Crippen LogP contribution is -1.86. The molecule has 0 aliphatic carbocycles. The number of halogens is 1. The fourth-order valence-corrected chi connectivity index (χ4v) is 1.70. The molecule has 0 saturated carbocycles. The first-order valence-electron chi connectivity index (χ1n) is 5.20. The standard InChI is InChI=1S/C15H11ClO/c1-3-12-7-8-15(14(16)10-12)17-13-6-4-5-11(2)9-13/h1,4-10H,2H3. The fourth-order valence-electron chi connectivity index (χ4n) is 1.48. The number of ether oxygens (including phenoxy) is 1. The third-order valence-corrected chi connectivity index (χ3v) is 2.61. The van der Waals surface area contributed by atoms with Crippen LogP contribution in [0.25, 0.3) is 0 Å². The first-order chi connectivity index (χ1) is 8.19. The SMILES string of the molecule is C#Cc1ccc(Oc2cccc(C)c2)c(Cl)c1. The van der Waals surface area contributed by atoms with Crippen LogP contribution in [0, 0.1) is 19.3 Å². The summed E-state index contributed by atoms with van der Waals surface area (Å²) in [4.78, 5) is 0. The van der Waals surface area contributed by atoms with Crippen LogP contribution in [0.1, 0.15) is 11.1 Å². The monoisotopic (exact) mass is 242 g/mol. The summed E-state index contributed by atoms with van der Waals surface area (Å²) >= 11 is 6.08. The van der Waals surface area contributed by atoms with Gasteiger partial charge in [0, 0.05) is 5.56 Å². The van der Waals surface area contributed by atoms with Gasteiger partial charge in [0.05, 0.1) is 5.02 Å². The lowest BCUT2D eigenvalue weighted by molar-refractivity contribution is 0.482. The van der Waals surface area contributed by atoms with Crippen LogP contribution in [0.5, 0.6) is 11.5 Å². The first kappa shape index (κ1) is 11.6. The van der Waals surface area contributed by atoms with Crippen LogP contribution < -0.4 is 4.74 Å². The molecule has 0 aromatic heterocycles. The smallest absolute Gasteiger partial charge is 0.146 e. The Morgan fingerprint density at radius 3 is 2.65 bits per heavy atom. The Labute approximate surface area is 106 Å². The Morgan fingerprint density at radius 1 is 1.18 bits per heavy atom. The Hall–Kier alpha value is -1.91. The van der Waals surface area contributed by atoms with Crippen LogP contribution in [0.3, 0.4) is 0 Å². The van der Waals surface area contributed by atoms with E-state index in [9.17, 15) is 0 Å². The average Bonchev–Trinajstić information content (AvgIpc) is 2.32.